The second-order valence-electron chi connectivity index (χ2n) is 8.86. The van der Waals surface area contributed by atoms with Gasteiger partial charge in [-0.25, -0.2) is 9.79 Å². The van der Waals surface area contributed by atoms with Crippen LogP contribution in [0, 0.1) is 17.0 Å². The summed E-state index contributed by atoms with van der Waals surface area (Å²) in [5, 5.41) is 21.2. The van der Waals surface area contributed by atoms with Gasteiger partial charge in [-0.3, -0.25) is 19.5 Å². The van der Waals surface area contributed by atoms with Crippen molar-refractivity contribution in [1.29, 1.82) is 0 Å². The van der Waals surface area contributed by atoms with Gasteiger partial charge in [0, 0.05) is 17.7 Å². The zero-order valence-corrected chi connectivity index (χ0v) is 22.0. The molecule has 3 heterocycles. The Morgan fingerprint density at radius 2 is 2.03 bits per heavy atom. The molecule has 2 aromatic heterocycles. The molecular formula is C28H23N3O7S. The highest BCUT2D eigenvalue weighted by Gasteiger charge is 2.35. The van der Waals surface area contributed by atoms with Crippen molar-refractivity contribution in [2.45, 2.75) is 26.8 Å². The van der Waals surface area contributed by atoms with Crippen molar-refractivity contribution < 1.29 is 24.0 Å². The van der Waals surface area contributed by atoms with Crippen molar-refractivity contribution >= 4 is 29.1 Å². The van der Waals surface area contributed by atoms with Crippen molar-refractivity contribution in [2.24, 2.45) is 4.99 Å². The first-order valence-electron chi connectivity index (χ1n) is 12.0. The molecule has 11 heteroatoms. The number of nitro groups is 1. The van der Waals surface area contributed by atoms with Crippen molar-refractivity contribution in [3.8, 4) is 17.1 Å². The second-order valence-corrected chi connectivity index (χ2v) is 9.86. The summed E-state index contributed by atoms with van der Waals surface area (Å²) in [5.41, 5.74) is 1.96. The highest BCUT2D eigenvalue weighted by molar-refractivity contribution is 7.07. The van der Waals surface area contributed by atoms with Crippen molar-refractivity contribution in [2.75, 3.05) is 6.61 Å². The number of allylic oxidation sites excluding steroid dienone is 1. The lowest BCUT2D eigenvalue weighted by Gasteiger charge is -2.22. The van der Waals surface area contributed by atoms with Crippen LogP contribution in [0.2, 0.25) is 0 Å². The molecule has 39 heavy (non-hydrogen) atoms. The highest BCUT2D eigenvalue weighted by Crippen LogP contribution is 2.36. The first-order chi connectivity index (χ1) is 18.7. The molecule has 1 atom stereocenters. The summed E-state index contributed by atoms with van der Waals surface area (Å²) in [6, 6.07) is 13.3. The third-order valence-electron chi connectivity index (χ3n) is 6.28. The van der Waals surface area contributed by atoms with E-state index in [9.17, 15) is 24.8 Å². The van der Waals surface area contributed by atoms with Crippen LogP contribution in [-0.4, -0.2) is 27.2 Å². The summed E-state index contributed by atoms with van der Waals surface area (Å²) in [7, 11) is 0. The summed E-state index contributed by atoms with van der Waals surface area (Å²) in [4.78, 5) is 42.6. The van der Waals surface area contributed by atoms with Gasteiger partial charge in [0.1, 0.15) is 23.3 Å². The molecule has 1 aliphatic rings. The molecule has 0 saturated heterocycles. The number of phenolic OH excluding ortho intramolecular Hbond substituents is 1. The van der Waals surface area contributed by atoms with Gasteiger partial charge in [0.05, 0.1) is 27.3 Å². The standard InChI is InChI=1S/C28H23N3O7S/c1-4-37-27(34)24-16(3)29-28-30(26(33)23(39-28)13-17-6-5-7-19(32)12-17)25(24)22-11-10-21(38-22)20-14-18(31(35)36)9-8-15(20)2/h5-14,25,32H,4H2,1-3H3/b23-13-/t25-/m0/s1. The zero-order chi connectivity index (χ0) is 27.8. The van der Waals surface area contributed by atoms with E-state index in [4.69, 9.17) is 9.15 Å². The van der Waals surface area contributed by atoms with Gasteiger partial charge < -0.3 is 14.3 Å². The maximum atomic E-state index is 13.7. The number of fused-ring (bicyclic) bond motifs is 1. The maximum Gasteiger partial charge on any atom is 0.338 e. The number of esters is 1. The van der Waals surface area contributed by atoms with Crippen LogP contribution < -0.4 is 14.9 Å². The first-order valence-corrected chi connectivity index (χ1v) is 12.8. The molecule has 198 valence electrons. The Bertz CT molecular complexity index is 1840. The Morgan fingerprint density at radius 1 is 1.23 bits per heavy atom. The molecule has 2 aromatic carbocycles. The van der Waals surface area contributed by atoms with E-state index in [1.54, 1.807) is 57.2 Å². The first kappa shape index (κ1) is 25.9. The van der Waals surface area contributed by atoms with Gasteiger partial charge in [0.15, 0.2) is 4.80 Å². The van der Waals surface area contributed by atoms with Gasteiger partial charge in [-0.15, -0.1) is 0 Å². The van der Waals surface area contributed by atoms with Crippen LogP contribution >= 0.6 is 11.3 Å². The van der Waals surface area contributed by atoms with Crippen LogP contribution in [0.4, 0.5) is 5.69 Å². The second kappa shape index (κ2) is 10.2. The maximum absolute atomic E-state index is 13.7. The monoisotopic (exact) mass is 545 g/mol. The van der Waals surface area contributed by atoms with Crippen molar-refractivity contribution in [3.63, 3.8) is 0 Å². The number of ether oxygens (including phenoxy) is 1. The summed E-state index contributed by atoms with van der Waals surface area (Å²) >= 11 is 1.15. The van der Waals surface area contributed by atoms with E-state index in [1.165, 1.54) is 28.8 Å². The average molecular weight is 546 g/mol. The van der Waals surface area contributed by atoms with Crippen LogP contribution in [0.15, 0.2) is 80.1 Å². The lowest BCUT2D eigenvalue weighted by molar-refractivity contribution is -0.384. The molecule has 0 spiro atoms. The van der Waals surface area contributed by atoms with E-state index < -0.39 is 22.5 Å². The highest BCUT2D eigenvalue weighted by atomic mass is 32.1. The number of benzene rings is 2. The number of non-ortho nitro benzene ring substituents is 1. The third-order valence-corrected chi connectivity index (χ3v) is 7.26. The molecule has 10 nitrogen and oxygen atoms in total. The Balaban J connectivity index is 1.70. The Labute approximate surface area is 225 Å². The molecule has 0 amide bonds. The smallest absolute Gasteiger partial charge is 0.338 e. The number of aromatic nitrogens is 1. The molecular weight excluding hydrogens is 522 g/mol. The number of aryl methyl sites for hydroxylation is 1. The van der Waals surface area contributed by atoms with E-state index in [1.807, 2.05) is 0 Å². The SMILES string of the molecule is CCOC(=O)C1=C(C)N=c2s/c(=C\c3cccc(O)c3)c(=O)n2[C@H]1c1ccc(-c2cc([N+](=O)[O-])ccc2C)o1. The summed E-state index contributed by atoms with van der Waals surface area (Å²) in [6.07, 6.45) is 1.64. The number of thiazole rings is 1. The number of carbonyl (C=O) groups is 1. The minimum absolute atomic E-state index is 0.0643. The zero-order valence-electron chi connectivity index (χ0n) is 21.2. The molecule has 4 aromatic rings. The van der Waals surface area contributed by atoms with Crippen LogP contribution in [-0.2, 0) is 9.53 Å². The number of hydrogen-bond acceptors (Lipinski definition) is 9. The van der Waals surface area contributed by atoms with E-state index in [-0.39, 0.29) is 29.4 Å². The number of hydrogen-bond donors (Lipinski definition) is 1. The van der Waals surface area contributed by atoms with Crippen molar-refractivity contribution in [3.05, 3.63) is 113 Å². The molecule has 1 aliphatic heterocycles. The van der Waals surface area contributed by atoms with E-state index in [0.717, 1.165) is 16.9 Å². The Morgan fingerprint density at radius 3 is 2.74 bits per heavy atom. The fourth-order valence-electron chi connectivity index (χ4n) is 4.46. The topological polar surface area (TPSA) is 137 Å². The number of nitrogens with zero attached hydrogens (tertiary/aromatic N) is 3. The predicted molar refractivity (Wildman–Crippen MR) is 144 cm³/mol. The van der Waals surface area contributed by atoms with Crippen LogP contribution in [0.25, 0.3) is 17.4 Å². The number of phenols is 1. The van der Waals surface area contributed by atoms with E-state index in [0.29, 0.717) is 31.9 Å². The number of nitro benzene ring substituents is 1. The van der Waals surface area contributed by atoms with Crippen molar-refractivity contribution in [1.82, 2.24) is 4.57 Å². The third kappa shape index (κ3) is 4.79. The normalized spacial score (nSPS) is 15.2. The number of furan rings is 1. The fraction of sp³-hybridized carbons (Fsp3) is 0.179. The van der Waals surface area contributed by atoms with Crippen LogP contribution in [0.1, 0.15) is 36.8 Å². The minimum atomic E-state index is -0.973. The molecule has 0 fully saturated rings. The molecule has 0 unspecified atom stereocenters. The van der Waals surface area contributed by atoms with E-state index >= 15 is 0 Å². The van der Waals surface area contributed by atoms with Crippen LogP contribution in [0.3, 0.4) is 0 Å². The Hall–Kier alpha value is -4.77. The lowest BCUT2D eigenvalue weighted by atomic mass is 10.0. The van der Waals surface area contributed by atoms with Gasteiger partial charge in [0.2, 0.25) is 0 Å². The van der Waals surface area contributed by atoms with Gasteiger partial charge in [-0.2, -0.15) is 0 Å². The number of rotatable bonds is 6. The quantitative estimate of drug-likeness (QED) is 0.220. The van der Waals surface area contributed by atoms with Gasteiger partial charge in [-0.05, 0) is 62.2 Å². The van der Waals surface area contributed by atoms with Gasteiger partial charge >= 0.3 is 5.97 Å². The summed E-state index contributed by atoms with van der Waals surface area (Å²) in [5.74, 6) is 0.0640. The Kier molecular flexibility index (Phi) is 6.75. The minimum Gasteiger partial charge on any atom is -0.508 e. The van der Waals surface area contributed by atoms with Crippen LogP contribution in [0.5, 0.6) is 5.75 Å². The van der Waals surface area contributed by atoms with E-state index in [2.05, 4.69) is 4.99 Å². The molecule has 0 saturated carbocycles. The fourth-order valence-corrected chi connectivity index (χ4v) is 5.51. The molecule has 1 N–H and O–H groups in total. The predicted octanol–water partition coefficient (Wildman–Crippen LogP) is 3.98. The number of carbonyl (C=O) groups excluding carboxylic acids is 1. The molecule has 5 rings (SSSR count). The average Bonchev–Trinajstić information content (AvgIpc) is 3.48. The molecule has 0 bridgehead atoms. The van der Waals surface area contributed by atoms with Gasteiger partial charge in [0.25, 0.3) is 11.2 Å². The van der Waals surface area contributed by atoms with Gasteiger partial charge in [-0.1, -0.05) is 29.5 Å². The largest absolute Gasteiger partial charge is 0.508 e. The summed E-state index contributed by atoms with van der Waals surface area (Å²) in [6.45, 7) is 5.28. The lowest BCUT2D eigenvalue weighted by Crippen LogP contribution is -2.39. The summed E-state index contributed by atoms with van der Waals surface area (Å²) < 4.78 is 13.2. The molecule has 0 radical (unpaired) electrons. The molecule has 0 aliphatic carbocycles. The number of aromatic hydroxyl groups is 1.